The molecule has 7 nitrogen and oxygen atoms in total. The number of benzene rings is 2. The van der Waals surface area contributed by atoms with Crippen LogP contribution in [-0.2, 0) is 27.8 Å². The Morgan fingerprint density at radius 1 is 0.939 bits per heavy atom. The van der Waals surface area contributed by atoms with Gasteiger partial charge in [-0.25, -0.2) is 8.42 Å². The van der Waals surface area contributed by atoms with Gasteiger partial charge in [-0.2, -0.15) is 4.31 Å². The summed E-state index contributed by atoms with van der Waals surface area (Å²) in [4.78, 5) is 4.24. The SMILES string of the molecule is COc1ccc(CN(Cc2ccncc2)S(=O)(=O)c2ccc(OCC3CCCO3)cc2)cc1. The highest BCUT2D eigenvalue weighted by atomic mass is 32.2. The summed E-state index contributed by atoms with van der Waals surface area (Å²) in [6, 6.07) is 17.6. The van der Waals surface area contributed by atoms with Gasteiger partial charge in [-0.05, 0) is 72.5 Å². The summed E-state index contributed by atoms with van der Waals surface area (Å²) < 4.78 is 45.2. The second kappa shape index (κ2) is 10.8. The molecule has 1 aliphatic heterocycles. The highest BCUT2D eigenvalue weighted by Crippen LogP contribution is 2.24. The van der Waals surface area contributed by atoms with Crippen LogP contribution in [0.1, 0.15) is 24.0 Å². The molecule has 2 heterocycles. The molecule has 4 rings (SSSR count). The first-order valence-corrected chi connectivity index (χ1v) is 12.3. The Balaban J connectivity index is 1.53. The number of hydrogen-bond donors (Lipinski definition) is 0. The molecule has 0 aliphatic carbocycles. The quantitative estimate of drug-likeness (QED) is 0.447. The van der Waals surface area contributed by atoms with Crippen molar-refractivity contribution in [1.29, 1.82) is 0 Å². The van der Waals surface area contributed by atoms with Gasteiger partial charge in [0, 0.05) is 32.1 Å². The minimum Gasteiger partial charge on any atom is -0.497 e. The van der Waals surface area contributed by atoms with E-state index in [-0.39, 0.29) is 24.1 Å². The normalized spacial score (nSPS) is 16.1. The molecule has 0 saturated carbocycles. The Kier molecular flexibility index (Phi) is 7.59. The molecule has 0 bridgehead atoms. The Morgan fingerprint density at radius 2 is 1.58 bits per heavy atom. The van der Waals surface area contributed by atoms with Crippen LogP contribution < -0.4 is 9.47 Å². The van der Waals surface area contributed by atoms with Gasteiger partial charge >= 0.3 is 0 Å². The van der Waals surface area contributed by atoms with Gasteiger partial charge in [-0.1, -0.05) is 12.1 Å². The molecule has 1 unspecified atom stereocenters. The number of ether oxygens (including phenoxy) is 3. The lowest BCUT2D eigenvalue weighted by atomic mass is 10.2. The standard InChI is InChI=1S/C25H28N2O5S/c1-30-22-6-4-20(5-7-22)17-27(18-21-12-14-26-15-13-21)33(28,29)25-10-8-23(9-11-25)32-19-24-3-2-16-31-24/h4-15,24H,2-3,16-19H2,1H3. The maximum absolute atomic E-state index is 13.6. The van der Waals surface area contributed by atoms with Gasteiger partial charge < -0.3 is 14.2 Å². The number of methoxy groups -OCH3 is 1. The van der Waals surface area contributed by atoms with Crippen LogP contribution in [0, 0.1) is 0 Å². The minimum absolute atomic E-state index is 0.105. The van der Waals surface area contributed by atoms with Crippen LogP contribution in [0.25, 0.3) is 0 Å². The largest absolute Gasteiger partial charge is 0.497 e. The maximum Gasteiger partial charge on any atom is 0.243 e. The van der Waals surface area contributed by atoms with Gasteiger partial charge in [0.25, 0.3) is 0 Å². The predicted octanol–water partition coefficient (Wildman–Crippen LogP) is 4.04. The van der Waals surface area contributed by atoms with E-state index >= 15 is 0 Å². The highest BCUT2D eigenvalue weighted by Gasteiger charge is 2.25. The van der Waals surface area contributed by atoms with Crippen molar-refractivity contribution in [3.63, 3.8) is 0 Å². The molecular weight excluding hydrogens is 440 g/mol. The van der Waals surface area contributed by atoms with Crippen LogP contribution in [0.4, 0.5) is 0 Å². The number of rotatable bonds is 10. The number of hydrogen-bond acceptors (Lipinski definition) is 6. The molecule has 174 valence electrons. The zero-order chi connectivity index (χ0) is 23.1. The van der Waals surface area contributed by atoms with Crippen molar-refractivity contribution < 1.29 is 22.6 Å². The molecule has 0 amide bonds. The van der Waals surface area contributed by atoms with E-state index in [0.29, 0.717) is 12.4 Å². The zero-order valence-electron chi connectivity index (χ0n) is 18.6. The molecule has 2 aromatic carbocycles. The van der Waals surface area contributed by atoms with Gasteiger partial charge in [0.15, 0.2) is 0 Å². The fourth-order valence-corrected chi connectivity index (χ4v) is 5.09. The molecular formula is C25H28N2O5S. The Labute approximate surface area is 195 Å². The lowest BCUT2D eigenvalue weighted by molar-refractivity contribution is 0.0679. The average Bonchev–Trinajstić information content (AvgIpc) is 3.37. The second-order valence-electron chi connectivity index (χ2n) is 7.89. The fraction of sp³-hybridized carbons (Fsp3) is 0.320. The topological polar surface area (TPSA) is 78.0 Å². The van der Waals surface area contributed by atoms with E-state index in [1.54, 1.807) is 43.8 Å². The Hall–Kier alpha value is -2.94. The Morgan fingerprint density at radius 3 is 2.18 bits per heavy atom. The fourth-order valence-electron chi connectivity index (χ4n) is 3.67. The van der Waals surface area contributed by atoms with Crippen LogP contribution in [0.15, 0.2) is 78.0 Å². The van der Waals surface area contributed by atoms with E-state index in [1.807, 2.05) is 36.4 Å². The van der Waals surface area contributed by atoms with Crippen molar-refractivity contribution in [1.82, 2.24) is 9.29 Å². The van der Waals surface area contributed by atoms with Crippen LogP contribution in [0.5, 0.6) is 11.5 Å². The first kappa shape index (κ1) is 23.2. The summed E-state index contributed by atoms with van der Waals surface area (Å²) >= 11 is 0. The number of nitrogens with zero attached hydrogens (tertiary/aromatic N) is 2. The van der Waals surface area contributed by atoms with E-state index in [2.05, 4.69) is 4.98 Å². The van der Waals surface area contributed by atoms with Gasteiger partial charge in [0.2, 0.25) is 10.0 Å². The van der Waals surface area contributed by atoms with E-state index in [0.717, 1.165) is 36.3 Å². The van der Waals surface area contributed by atoms with Crippen molar-refractivity contribution >= 4 is 10.0 Å². The van der Waals surface area contributed by atoms with E-state index < -0.39 is 10.0 Å². The second-order valence-corrected chi connectivity index (χ2v) is 9.83. The smallest absolute Gasteiger partial charge is 0.243 e. The maximum atomic E-state index is 13.6. The summed E-state index contributed by atoms with van der Waals surface area (Å²) in [6.07, 6.45) is 5.46. The third-order valence-electron chi connectivity index (χ3n) is 5.55. The summed E-state index contributed by atoms with van der Waals surface area (Å²) in [5.74, 6) is 1.35. The van der Waals surface area contributed by atoms with Crippen molar-refractivity contribution in [2.75, 3.05) is 20.3 Å². The third-order valence-corrected chi connectivity index (χ3v) is 7.35. The number of sulfonamides is 1. The first-order chi connectivity index (χ1) is 16.0. The van der Waals surface area contributed by atoms with Crippen LogP contribution >= 0.6 is 0 Å². The van der Waals surface area contributed by atoms with Crippen molar-refractivity contribution in [2.24, 2.45) is 0 Å². The van der Waals surface area contributed by atoms with Crippen LogP contribution in [0.3, 0.4) is 0 Å². The van der Waals surface area contributed by atoms with Crippen molar-refractivity contribution in [2.45, 2.75) is 36.9 Å². The molecule has 3 aromatic rings. The monoisotopic (exact) mass is 468 g/mol. The van der Waals surface area contributed by atoms with Gasteiger partial charge in [0.05, 0.1) is 18.1 Å². The van der Waals surface area contributed by atoms with E-state index in [9.17, 15) is 8.42 Å². The van der Waals surface area contributed by atoms with Gasteiger partial charge in [0.1, 0.15) is 18.1 Å². The summed E-state index contributed by atoms with van der Waals surface area (Å²) in [7, 11) is -2.16. The first-order valence-electron chi connectivity index (χ1n) is 10.9. The highest BCUT2D eigenvalue weighted by molar-refractivity contribution is 7.89. The zero-order valence-corrected chi connectivity index (χ0v) is 19.4. The van der Waals surface area contributed by atoms with E-state index in [1.165, 1.54) is 4.31 Å². The molecule has 0 N–H and O–H groups in total. The molecule has 1 fully saturated rings. The van der Waals surface area contributed by atoms with E-state index in [4.69, 9.17) is 14.2 Å². The van der Waals surface area contributed by atoms with Crippen LogP contribution in [-0.4, -0.2) is 44.1 Å². The molecule has 8 heteroatoms. The minimum atomic E-state index is -3.76. The predicted molar refractivity (Wildman–Crippen MR) is 125 cm³/mol. The average molecular weight is 469 g/mol. The van der Waals surface area contributed by atoms with Gasteiger partial charge in [-0.15, -0.1) is 0 Å². The molecule has 0 spiro atoms. The number of aromatic nitrogens is 1. The van der Waals surface area contributed by atoms with Crippen molar-refractivity contribution in [3.05, 3.63) is 84.2 Å². The third kappa shape index (κ3) is 6.10. The number of pyridine rings is 1. The van der Waals surface area contributed by atoms with Gasteiger partial charge in [-0.3, -0.25) is 4.98 Å². The lowest BCUT2D eigenvalue weighted by Crippen LogP contribution is -2.30. The van der Waals surface area contributed by atoms with Crippen LogP contribution in [0.2, 0.25) is 0 Å². The molecule has 0 radical (unpaired) electrons. The van der Waals surface area contributed by atoms with Crippen molar-refractivity contribution in [3.8, 4) is 11.5 Å². The molecule has 1 atom stereocenters. The lowest BCUT2D eigenvalue weighted by Gasteiger charge is -2.23. The summed E-state index contributed by atoms with van der Waals surface area (Å²) in [5.41, 5.74) is 1.73. The molecule has 1 aliphatic rings. The molecule has 33 heavy (non-hydrogen) atoms. The molecule has 1 aromatic heterocycles. The molecule has 1 saturated heterocycles. The Bertz CT molecular complexity index is 1110. The summed E-state index contributed by atoms with van der Waals surface area (Å²) in [6.45, 7) is 1.70. The summed E-state index contributed by atoms with van der Waals surface area (Å²) in [5, 5.41) is 0.